The van der Waals surface area contributed by atoms with E-state index in [4.69, 9.17) is 4.74 Å². The van der Waals surface area contributed by atoms with Gasteiger partial charge in [-0.3, -0.25) is 9.78 Å². The molecule has 0 unspecified atom stereocenters. The van der Waals surface area contributed by atoms with Gasteiger partial charge in [-0.05, 0) is 25.7 Å². The van der Waals surface area contributed by atoms with E-state index < -0.39 is 0 Å². The third-order valence-corrected chi connectivity index (χ3v) is 4.71. The van der Waals surface area contributed by atoms with Crippen LogP contribution in [0.2, 0.25) is 0 Å². The highest BCUT2D eigenvalue weighted by Crippen LogP contribution is 2.39. The van der Waals surface area contributed by atoms with Crippen LogP contribution in [-0.4, -0.2) is 55.7 Å². The van der Waals surface area contributed by atoms with Crippen molar-refractivity contribution in [3.05, 3.63) is 24.5 Å². The summed E-state index contributed by atoms with van der Waals surface area (Å²) in [6.07, 6.45) is 7.54. The number of carbonyl (C=O) groups is 1. The molecule has 2 aromatic rings. The minimum absolute atomic E-state index is 0.182. The molecule has 9 heteroatoms. The summed E-state index contributed by atoms with van der Waals surface area (Å²) in [5, 5.41) is 14.0. The van der Waals surface area contributed by atoms with Gasteiger partial charge in [0.15, 0.2) is 0 Å². The fourth-order valence-electron chi connectivity index (χ4n) is 3.06. The second kappa shape index (κ2) is 6.23. The molecule has 0 aromatic carbocycles. The van der Waals surface area contributed by atoms with E-state index in [2.05, 4.69) is 32.5 Å². The van der Waals surface area contributed by atoms with Gasteiger partial charge in [-0.15, -0.1) is 0 Å². The molecule has 2 fully saturated rings. The van der Waals surface area contributed by atoms with Crippen molar-refractivity contribution < 1.29 is 9.53 Å². The summed E-state index contributed by atoms with van der Waals surface area (Å²) in [6.45, 7) is 3.58. The highest BCUT2D eigenvalue weighted by atomic mass is 16.5. The molecule has 1 aliphatic heterocycles. The fourth-order valence-corrected chi connectivity index (χ4v) is 3.06. The minimum atomic E-state index is -0.262. The Bertz CT molecular complexity index is 695. The Labute approximate surface area is 139 Å². The van der Waals surface area contributed by atoms with Crippen molar-refractivity contribution in [2.24, 2.45) is 5.92 Å². The van der Waals surface area contributed by atoms with Gasteiger partial charge in [0.2, 0.25) is 0 Å². The molecule has 0 radical (unpaired) electrons. The summed E-state index contributed by atoms with van der Waals surface area (Å²) in [7, 11) is 0. The van der Waals surface area contributed by atoms with Crippen molar-refractivity contribution in [2.45, 2.75) is 31.8 Å². The van der Waals surface area contributed by atoms with E-state index in [1.54, 1.807) is 11.1 Å². The summed E-state index contributed by atoms with van der Waals surface area (Å²) in [5.74, 6) is 1.34. The Kier molecular flexibility index (Phi) is 3.93. The quantitative estimate of drug-likeness (QED) is 0.886. The second-order valence-corrected chi connectivity index (χ2v) is 6.37. The number of aromatic nitrogens is 5. The number of amides is 2. The van der Waals surface area contributed by atoms with Crippen molar-refractivity contribution in [2.75, 3.05) is 25.1 Å². The molecule has 1 saturated carbocycles. The Morgan fingerprint density at radius 3 is 3.12 bits per heavy atom. The molecule has 24 heavy (non-hydrogen) atoms. The summed E-state index contributed by atoms with van der Waals surface area (Å²) < 4.78 is 7.41. The number of carbonyl (C=O) groups excluding carboxylic acids is 1. The van der Waals surface area contributed by atoms with Crippen molar-refractivity contribution in [3.8, 4) is 0 Å². The first-order chi connectivity index (χ1) is 11.7. The van der Waals surface area contributed by atoms with Gasteiger partial charge >= 0.3 is 6.03 Å². The average Bonchev–Trinajstić information content (AvgIpc) is 3.10. The summed E-state index contributed by atoms with van der Waals surface area (Å²) >= 11 is 0. The molecule has 4 rings (SSSR count). The van der Waals surface area contributed by atoms with Crippen LogP contribution in [0.25, 0.3) is 0 Å². The predicted molar refractivity (Wildman–Crippen MR) is 85.3 cm³/mol. The first-order valence-electron chi connectivity index (χ1n) is 8.27. The lowest BCUT2D eigenvalue weighted by Gasteiger charge is -2.33. The van der Waals surface area contributed by atoms with Crippen LogP contribution in [0, 0.1) is 5.92 Å². The van der Waals surface area contributed by atoms with Crippen LogP contribution in [0.4, 0.5) is 10.5 Å². The number of nitrogens with zero attached hydrogens (tertiary/aromatic N) is 5. The Morgan fingerprint density at radius 1 is 1.50 bits per heavy atom. The molecule has 0 spiro atoms. The molecule has 128 valence electrons. The maximum atomic E-state index is 12.7. The van der Waals surface area contributed by atoms with Crippen LogP contribution in [0.15, 0.2) is 18.7 Å². The molecule has 0 bridgehead atoms. The maximum absolute atomic E-state index is 12.7. The van der Waals surface area contributed by atoms with E-state index in [0.717, 1.165) is 0 Å². The van der Waals surface area contributed by atoms with Crippen LogP contribution in [0.1, 0.15) is 37.7 Å². The minimum Gasteiger partial charge on any atom is -0.377 e. The highest BCUT2D eigenvalue weighted by Gasteiger charge is 2.32. The van der Waals surface area contributed by atoms with Gasteiger partial charge in [0, 0.05) is 12.7 Å². The summed E-state index contributed by atoms with van der Waals surface area (Å²) in [6, 6.07) is -0.0685. The number of urea groups is 1. The predicted octanol–water partition coefficient (Wildman–Crippen LogP) is 1.58. The van der Waals surface area contributed by atoms with Gasteiger partial charge in [0.25, 0.3) is 0 Å². The molecule has 2 N–H and O–H groups in total. The van der Waals surface area contributed by atoms with Gasteiger partial charge < -0.3 is 15.0 Å². The number of aromatic amines is 1. The van der Waals surface area contributed by atoms with E-state index in [1.165, 1.54) is 19.2 Å². The van der Waals surface area contributed by atoms with Crippen LogP contribution >= 0.6 is 0 Å². The third-order valence-electron chi connectivity index (χ3n) is 4.71. The summed E-state index contributed by atoms with van der Waals surface area (Å²) in [4.78, 5) is 18.5. The molecule has 1 aliphatic carbocycles. The van der Waals surface area contributed by atoms with E-state index in [-0.39, 0.29) is 12.1 Å². The number of hydrogen-bond donors (Lipinski definition) is 2. The number of hydrogen-bond acceptors (Lipinski definition) is 5. The van der Waals surface area contributed by atoms with E-state index in [1.807, 2.05) is 10.9 Å². The number of nitrogens with one attached hydrogen (secondary N) is 2. The highest BCUT2D eigenvalue weighted by molar-refractivity contribution is 5.89. The number of anilines is 1. The normalized spacial score (nSPS) is 22.4. The Hall–Kier alpha value is -2.42. The first-order valence-corrected chi connectivity index (χ1v) is 8.27. The van der Waals surface area contributed by atoms with Crippen LogP contribution in [0.3, 0.4) is 0 Å². The molecule has 2 aliphatic rings. The molecule has 9 nitrogen and oxygen atoms in total. The Balaban J connectivity index is 1.44. The lowest BCUT2D eigenvalue weighted by atomic mass is 10.2. The topological polar surface area (TPSA) is 101 Å². The number of rotatable bonds is 4. The molecular weight excluding hydrogens is 310 g/mol. The van der Waals surface area contributed by atoms with Crippen LogP contribution < -0.4 is 5.32 Å². The lowest BCUT2D eigenvalue weighted by Crippen LogP contribution is -2.45. The Morgan fingerprint density at radius 2 is 2.38 bits per heavy atom. The standard InChI is InChI=1S/C15H21N7O2/c1-10(11-2-3-11)22-7-12(6-18-22)19-15(23)21-4-5-24-8-13(21)14-16-9-17-20-14/h6-7,9-11,13H,2-5,8H2,1H3,(H,19,23)(H,16,17,20)/t10-,13-/m1/s1. The van der Waals surface area contributed by atoms with Crippen molar-refractivity contribution in [1.29, 1.82) is 0 Å². The van der Waals surface area contributed by atoms with Crippen molar-refractivity contribution in [3.63, 3.8) is 0 Å². The average molecular weight is 331 g/mol. The van der Waals surface area contributed by atoms with Crippen molar-refractivity contribution >= 4 is 11.7 Å². The molecule has 2 atom stereocenters. The molecular formula is C15H21N7O2. The maximum Gasteiger partial charge on any atom is 0.322 e. The van der Waals surface area contributed by atoms with Gasteiger partial charge in [0.1, 0.15) is 18.2 Å². The number of morpholine rings is 1. The SMILES string of the molecule is C[C@H](C1CC1)n1cc(NC(=O)N2CCOC[C@@H]2c2ncn[nH]2)cn1. The monoisotopic (exact) mass is 331 g/mol. The van der Waals surface area contributed by atoms with E-state index in [9.17, 15) is 4.79 Å². The van der Waals surface area contributed by atoms with Crippen LogP contribution in [-0.2, 0) is 4.74 Å². The van der Waals surface area contributed by atoms with Gasteiger partial charge in [-0.2, -0.15) is 10.2 Å². The molecule has 1 saturated heterocycles. The van der Waals surface area contributed by atoms with Gasteiger partial charge in [-0.25, -0.2) is 9.78 Å². The largest absolute Gasteiger partial charge is 0.377 e. The third kappa shape index (κ3) is 2.99. The van der Waals surface area contributed by atoms with E-state index >= 15 is 0 Å². The second-order valence-electron chi connectivity index (χ2n) is 6.37. The molecule has 2 amide bonds. The van der Waals surface area contributed by atoms with Gasteiger partial charge in [0.05, 0.1) is 31.1 Å². The zero-order valence-electron chi connectivity index (χ0n) is 13.6. The first kappa shape index (κ1) is 15.1. The zero-order chi connectivity index (χ0) is 16.5. The van der Waals surface area contributed by atoms with Crippen molar-refractivity contribution in [1.82, 2.24) is 29.9 Å². The zero-order valence-corrected chi connectivity index (χ0v) is 13.6. The number of ether oxygens (including phenoxy) is 1. The molecule has 2 aromatic heterocycles. The fraction of sp³-hybridized carbons (Fsp3) is 0.600. The molecule has 3 heterocycles. The van der Waals surface area contributed by atoms with E-state index in [0.29, 0.717) is 43.2 Å². The lowest BCUT2D eigenvalue weighted by molar-refractivity contribution is 0.0118. The smallest absolute Gasteiger partial charge is 0.322 e. The van der Waals surface area contributed by atoms with Gasteiger partial charge in [-0.1, -0.05) is 0 Å². The van der Waals surface area contributed by atoms with Crippen LogP contribution in [0.5, 0.6) is 0 Å². The number of H-pyrrole nitrogens is 1. The summed E-state index contributed by atoms with van der Waals surface area (Å²) in [5.41, 5.74) is 0.704.